The number of carbonyl (C=O) groups excluding carboxylic acids is 2. The lowest BCUT2D eigenvalue weighted by Gasteiger charge is -2.59. The molecule has 1 aliphatic heterocycles. The fourth-order valence-electron chi connectivity index (χ4n) is 9.65. The number of likely N-dealkylation sites (N-methyl/N-ethyl adjacent to an activating group) is 1. The first-order valence-corrected chi connectivity index (χ1v) is 22.8. The maximum atomic E-state index is 13.9. The maximum Gasteiger partial charge on any atom is 0.412 e. The zero-order valence-electron chi connectivity index (χ0n) is 35.8. The highest BCUT2D eigenvalue weighted by Crippen LogP contribution is 2.62. The Bertz CT molecular complexity index is 1530. The van der Waals surface area contributed by atoms with Gasteiger partial charge in [-0.25, -0.2) is 4.79 Å². The van der Waals surface area contributed by atoms with Gasteiger partial charge in [0.1, 0.15) is 24.1 Å². The lowest BCUT2D eigenvalue weighted by Crippen LogP contribution is -2.69. The summed E-state index contributed by atoms with van der Waals surface area (Å²) >= 11 is 0. The molecule has 5 rings (SSSR count). The molecule has 1 aromatic rings. The van der Waals surface area contributed by atoms with E-state index in [1.807, 2.05) is 31.0 Å². The number of oxime groups is 1. The summed E-state index contributed by atoms with van der Waals surface area (Å²) in [4.78, 5) is 34.7. The van der Waals surface area contributed by atoms with E-state index in [4.69, 9.17) is 24.2 Å². The van der Waals surface area contributed by atoms with Crippen LogP contribution in [0.15, 0.2) is 47.7 Å². The molecule has 324 valence electrons. The average Bonchev–Trinajstić information content (AvgIpc) is 4.08. The smallest absolute Gasteiger partial charge is 0.412 e. The molecule has 2 amide bonds. The molecular weight excluding hydrogens is 735 g/mol. The second-order valence-electron chi connectivity index (χ2n) is 16.9. The van der Waals surface area contributed by atoms with Crippen molar-refractivity contribution in [3.8, 4) is 11.5 Å². The Morgan fingerprint density at radius 2 is 1.66 bits per heavy atom. The van der Waals surface area contributed by atoms with E-state index < -0.39 is 17.9 Å². The minimum atomic E-state index is -1.28. The van der Waals surface area contributed by atoms with Crippen LogP contribution < -0.4 is 14.8 Å². The largest absolute Gasteiger partial charge is 0.459 e. The SMILES string of the molecule is C=CCO[C@@]12Oc3ccc(OC(=O)NCCCCCCCCCCCC)cc3[C@H]3[C@H](CCCCO)[C@@H](CCCCO)C=C(C(=NOCC)C[C@@H]1N(C)C(=O)C1CC1)[C@H]32. The van der Waals surface area contributed by atoms with Crippen LogP contribution in [-0.4, -0.2) is 84.7 Å². The minimum Gasteiger partial charge on any atom is -0.459 e. The summed E-state index contributed by atoms with van der Waals surface area (Å²) in [6.45, 7) is 9.55. The van der Waals surface area contributed by atoms with E-state index in [0.717, 1.165) is 68.2 Å². The van der Waals surface area contributed by atoms with Crippen LogP contribution in [0.25, 0.3) is 0 Å². The Hall–Kier alpha value is -3.41. The number of fused-ring (bicyclic) bond motifs is 2. The van der Waals surface area contributed by atoms with E-state index in [-0.39, 0.29) is 55.3 Å². The zero-order valence-corrected chi connectivity index (χ0v) is 35.8. The number of nitrogens with zero attached hydrogens (tertiary/aromatic N) is 2. The van der Waals surface area contributed by atoms with Gasteiger partial charge in [0, 0.05) is 50.6 Å². The topological polar surface area (TPSA) is 139 Å². The summed E-state index contributed by atoms with van der Waals surface area (Å²) in [7, 11) is 1.86. The lowest BCUT2D eigenvalue weighted by atomic mass is 9.55. The molecule has 58 heavy (non-hydrogen) atoms. The molecule has 4 aliphatic rings. The van der Waals surface area contributed by atoms with Gasteiger partial charge in [0.05, 0.1) is 18.2 Å². The fraction of sp³-hybridized carbons (Fsp3) is 0.723. The third-order valence-electron chi connectivity index (χ3n) is 12.7. The number of aliphatic hydroxyl groups excluding tert-OH is 2. The van der Waals surface area contributed by atoms with Crippen LogP contribution in [-0.2, 0) is 14.4 Å². The molecule has 2 fully saturated rings. The maximum absolute atomic E-state index is 13.9. The summed E-state index contributed by atoms with van der Waals surface area (Å²) in [6.07, 6.45) is 22.7. The van der Waals surface area contributed by atoms with Crippen molar-refractivity contribution in [1.29, 1.82) is 0 Å². The van der Waals surface area contributed by atoms with Crippen LogP contribution in [0.2, 0.25) is 0 Å². The highest BCUT2D eigenvalue weighted by Gasteiger charge is 2.65. The Labute approximate surface area is 348 Å². The first kappa shape index (κ1) is 45.7. The number of nitrogens with one attached hydrogen (secondary N) is 1. The third-order valence-corrected chi connectivity index (χ3v) is 12.7. The second kappa shape index (κ2) is 23.4. The van der Waals surface area contributed by atoms with Crippen LogP contribution in [0.3, 0.4) is 0 Å². The van der Waals surface area contributed by atoms with Gasteiger partial charge >= 0.3 is 6.09 Å². The number of hydrogen-bond donors (Lipinski definition) is 3. The predicted octanol–water partition coefficient (Wildman–Crippen LogP) is 9.22. The Morgan fingerprint density at radius 3 is 2.31 bits per heavy atom. The van der Waals surface area contributed by atoms with Crippen molar-refractivity contribution in [3.05, 3.63) is 48.1 Å². The van der Waals surface area contributed by atoms with E-state index in [9.17, 15) is 19.8 Å². The molecule has 0 saturated heterocycles. The second-order valence-corrected chi connectivity index (χ2v) is 16.9. The lowest BCUT2D eigenvalue weighted by molar-refractivity contribution is -0.255. The fourth-order valence-corrected chi connectivity index (χ4v) is 9.65. The summed E-state index contributed by atoms with van der Waals surface area (Å²) in [5, 5.41) is 27.3. The Morgan fingerprint density at radius 1 is 0.966 bits per heavy atom. The molecule has 6 atom stereocenters. The summed E-state index contributed by atoms with van der Waals surface area (Å²) in [6, 6.07) is 5.09. The van der Waals surface area contributed by atoms with Crippen LogP contribution in [0.1, 0.15) is 147 Å². The van der Waals surface area contributed by atoms with Crippen molar-refractivity contribution in [2.75, 3.05) is 40.0 Å². The van der Waals surface area contributed by atoms with Crippen LogP contribution >= 0.6 is 0 Å². The minimum absolute atomic E-state index is 0.0122. The number of rotatable bonds is 27. The molecule has 11 heteroatoms. The van der Waals surface area contributed by atoms with Gasteiger partial charge in [-0.2, -0.15) is 0 Å². The van der Waals surface area contributed by atoms with Gasteiger partial charge in [-0.3, -0.25) is 4.79 Å². The van der Waals surface area contributed by atoms with Crippen molar-refractivity contribution >= 4 is 17.7 Å². The van der Waals surface area contributed by atoms with E-state index in [0.29, 0.717) is 43.9 Å². The summed E-state index contributed by atoms with van der Waals surface area (Å²) < 4.78 is 20.1. The molecule has 1 aromatic carbocycles. The third kappa shape index (κ3) is 11.7. The number of hydrogen-bond acceptors (Lipinski definition) is 9. The molecule has 0 aromatic heterocycles. The molecule has 0 bridgehead atoms. The normalized spacial score (nSPS) is 25.2. The molecule has 3 N–H and O–H groups in total. The zero-order chi connectivity index (χ0) is 41.3. The number of ether oxygens (including phenoxy) is 3. The van der Waals surface area contributed by atoms with Gasteiger partial charge < -0.3 is 39.5 Å². The number of amides is 2. The molecule has 0 radical (unpaired) electrons. The summed E-state index contributed by atoms with van der Waals surface area (Å²) in [5.74, 6) is -0.507. The molecular formula is C47H73N3O8. The van der Waals surface area contributed by atoms with Crippen molar-refractivity contribution in [3.63, 3.8) is 0 Å². The van der Waals surface area contributed by atoms with Crippen molar-refractivity contribution < 1.29 is 38.9 Å². The van der Waals surface area contributed by atoms with Crippen LogP contribution in [0.5, 0.6) is 11.5 Å². The van der Waals surface area contributed by atoms with E-state index in [1.165, 1.54) is 51.4 Å². The highest BCUT2D eigenvalue weighted by atomic mass is 16.7. The quantitative estimate of drug-likeness (QED) is 0.0455. The van der Waals surface area contributed by atoms with Crippen LogP contribution in [0.4, 0.5) is 4.79 Å². The Kier molecular flexibility index (Phi) is 18.4. The standard InChI is InChI=1S/C47H73N3O8/c1-5-8-9-10-11-12-13-14-15-18-27-48-46(54)57-36-25-26-41-39(32-36)43-37(22-17-20-29-52)35(21-16-19-28-51)31-38-40(49-56-7-3)33-42(50(4)45(53)34-23-24-34)47(58-41,44(38)43)55-30-6-2/h6,25-26,31-32,34-35,37,42-44,51-52H,2,5,7-24,27-30,33H2,1,3-4H3,(H,48,54)/t35-,37+,42-,43+,44+,47+/m0/s1. The van der Waals surface area contributed by atoms with Crippen molar-refractivity contribution in [2.24, 2.45) is 28.8 Å². The van der Waals surface area contributed by atoms with E-state index >= 15 is 0 Å². The number of aliphatic hydroxyl groups is 2. The molecule has 2 saturated carbocycles. The first-order valence-electron chi connectivity index (χ1n) is 22.8. The van der Waals surface area contributed by atoms with Gasteiger partial charge in [-0.05, 0) is 87.5 Å². The van der Waals surface area contributed by atoms with Gasteiger partial charge in [0.25, 0.3) is 0 Å². The monoisotopic (exact) mass is 808 g/mol. The number of carbonyl (C=O) groups is 2. The number of allylic oxidation sites excluding steroid dienone is 1. The van der Waals surface area contributed by atoms with Crippen molar-refractivity contribution in [2.45, 2.75) is 154 Å². The Balaban J connectivity index is 1.46. The van der Waals surface area contributed by atoms with Gasteiger partial charge in [0.15, 0.2) is 0 Å². The van der Waals surface area contributed by atoms with Gasteiger partial charge in [-0.15, -0.1) is 6.58 Å². The summed E-state index contributed by atoms with van der Waals surface area (Å²) in [5.41, 5.74) is 2.69. The van der Waals surface area contributed by atoms with Gasteiger partial charge in [-0.1, -0.05) is 94.9 Å². The molecule has 1 heterocycles. The van der Waals surface area contributed by atoms with E-state index in [2.05, 4.69) is 24.9 Å². The van der Waals surface area contributed by atoms with Gasteiger partial charge in [0.2, 0.25) is 11.7 Å². The molecule has 3 aliphatic carbocycles. The van der Waals surface area contributed by atoms with Crippen molar-refractivity contribution in [1.82, 2.24) is 10.2 Å². The number of benzene rings is 1. The predicted molar refractivity (Wildman–Crippen MR) is 228 cm³/mol. The molecule has 11 nitrogen and oxygen atoms in total. The van der Waals surface area contributed by atoms with Crippen LogP contribution in [0, 0.1) is 23.7 Å². The average molecular weight is 808 g/mol. The first-order chi connectivity index (χ1) is 28.3. The van der Waals surface area contributed by atoms with E-state index in [1.54, 1.807) is 12.1 Å². The molecule has 0 unspecified atom stereocenters. The molecule has 0 spiro atoms. The number of unbranched alkanes of at least 4 members (excludes halogenated alkanes) is 11. The highest BCUT2D eigenvalue weighted by molar-refractivity contribution is 6.03.